The SMILES string of the molecule is COc1c2cc(C(C)(C)C)cc1Cc1cc(C(C)(C)C)cc(c1OCC(=O)NC13CC4CC(CC(CC(=O)O)(C4)C1)C3)Cc1cc(C(C)(C)C)cc(c1OC)Cc1cc(C(C)(C)C)cc(c1OCC(=O)NC13CC4CC(CC(CC(=O)O)(C4)C1)C3)Cc1cc(C(C)(C)C)cc(c1OC)Cc1cc(C(C)(C)C)cc(c1OCC(=O)NC13CC4CC(CC(CC(=O)O)(C4)C1)C3)C2. The number of hydrogen-bond acceptors (Lipinski definition) is 12. The Hall–Kier alpha value is -9.06. The van der Waals surface area contributed by atoms with Crippen molar-refractivity contribution in [3.05, 3.63) is 173 Å². The van der Waals surface area contributed by atoms with E-state index in [-0.39, 0.29) is 73.0 Å². The molecule has 0 aliphatic heterocycles. The Bertz CT molecular complexity index is 4710. The van der Waals surface area contributed by atoms with Crippen molar-refractivity contribution in [3.8, 4) is 34.5 Å². The van der Waals surface area contributed by atoms with Crippen molar-refractivity contribution in [2.24, 2.45) is 51.8 Å². The van der Waals surface area contributed by atoms with E-state index >= 15 is 14.4 Å². The van der Waals surface area contributed by atoms with Crippen LogP contribution in [0.2, 0.25) is 0 Å². The normalized spacial score (nSPS) is 27.3. The molecular formula is C111H147N3O15. The number of fused-ring (bicyclic) bond motifs is 12. The second-order valence-electron chi connectivity index (χ2n) is 49.4. The van der Waals surface area contributed by atoms with Gasteiger partial charge in [-0.3, -0.25) is 28.8 Å². The van der Waals surface area contributed by atoms with E-state index in [2.05, 4.69) is 213 Å². The van der Waals surface area contributed by atoms with E-state index in [1.165, 1.54) is 0 Å². The van der Waals surface area contributed by atoms with Gasteiger partial charge in [0.15, 0.2) is 19.8 Å². The molecular weight excluding hydrogens is 1620 g/mol. The standard InChI is InChI=1S/C111H147N3O15/c1-100(2,3)82-31-70-25-76-37-85(103(10,11)12)39-78(97(76)127-58-88(115)112-109-49-64-22-65(50-109)44-106(43-64,61-109)55-91(118)119)27-72-33-83(101(4,5)6)35-74(95(72)125-20)29-80-41-87(105(16,17)18)42-81(99(80)129-60-90(117)114-111-53-68-24-69(54-111)48-108(47-68,63-111)57-93(122)123)30-75-36-84(102(7,8)9)34-73(96(75)126-21)28-79-40-86(104(13,14)15)38-77(26-71(32-82)94(70)124-19)98(79)128-59-89(116)113-110-51-66-23-67(52-110)46-107(45-66,62-110)56-92(120)121/h31-42,64-69H,22-30,43-63H2,1-21H3,(H,112,115)(H,113,116)(H,114,117)(H,118,119)(H,120,121)(H,122,123). The molecule has 18 heteroatoms. The number of carbonyl (C=O) groups excluding carboxylic acids is 3. The van der Waals surface area contributed by atoms with Gasteiger partial charge in [0.05, 0.1) is 40.6 Å². The van der Waals surface area contributed by atoms with Crippen LogP contribution in [0.5, 0.6) is 34.5 Å². The van der Waals surface area contributed by atoms with E-state index in [0.717, 1.165) is 196 Å². The highest BCUT2D eigenvalue weighted by molar-refractivity contribution is 5.81. The summed E-state index contributed by atoms with van der Waals surface area (Å²) in [7, 11) is 5.24. The van der Waals surface area contributed by atoms with Crippen LogP contribution in [0.15, 0.2) is 72.8 Å². The van der Waals surface area contributed by atoms with E-state index in [1.807, 2.05) is 0 Å². The molecule has 0 spiro atoms. The van der Waals surface area contributed by atoms with Gasteiger partial charge in [0.1, 0.15) is 34.5 Å². The van der Waals surface area contributed by atoms with Crippen LogP contribution in [-0.4, -0.2) is 109 Å². The number of carbonyl (C=O) groups is 6. The predicted octanol–water partition coefficient (Wildman–Crippen LogP) is 21.3. The molecule has 6 unspecified atom stereocenters. The number of ether oxygens (including phenoxy) is 6. The van der Waals surface area contributed by atoms with Crippen LogP contribution in [0.25, 0.3) is 0 Å². The van der Waals surface area contributed by atoms with E-state index in [9.17, 15) is 29.7 Å². The molecule has 6 aromatic carbocycles. The maximum absolute atomic E-state index is 15.5. The lowest BCUT2D eigenvalue weighted by Crippen LogP contribution is -2.63. The van der Waals surface area contributed by atoms with Gasteiger partial charge in [-0.25, -0.2) is 0 Å². The van der Waals surface area contributed by atoms with Gasteiger partial charge in [-0.2, -0.15) is 0 Å². The number of benzene rings is 6. The summed E-state index contributed by atoms with van der Waals surface area (Å²) in [5, 5.41) is 42.0. The molecule has 6 atom stereocenters. The molecule has 18 nitrogen and oxygen atoms in total. The Labute approximate surface area is 767 Å². The first-order valence-electron chi connectivity index (χ1n) is 48.3. The molecule has 6 N–H and O–H groups in total. The quantitative estimate of drug-likeness (QED) is 0.0391. The highest BCUT2D eigenvalue weighted by Gasteiger charge is 2.62. The van der Waals surface area contributed by atoms with Gasteiger partial charge < -0.3 is 59.7 Å². The third kappa shape index (κ3) is 19.6. The van der Waals surface area contributed by atoms with Gasteiger partial charge in [0, 0.05) is 55.1 Å². The molecule has 12 fully saturated rings. The van der Waals surface area contributed by atoms with E-state index in [4.69, 9.17) is 28.4 Å². The number of amides is 3. The molecule has 696 valence electrons. The Morgan fingerprint density at radius 3 is 0.589 bits per heavy atom. The molecule has 24 bridgehead atoms. The molecule has 6 aromatic rings. The minimum absolute atomic E-state index is 0.0893. The van der Waals surface area contributed by atoms with Crippen molar-refractivity contribution in [2.75, 3.05) is 41.2 Å². The third-order valence-electron chi connectivity index (χ3n) is 31.9. The zero-order chi connectivity index (χ0) is 92.8. The molecule has 0 heterocycles. The van der Waals surface area contributed by atoms with Crippen molar-refractivity contribution >= 4 is 35.6 Å². The zero-order valence-electron chi connectivity index (χ0n) is 81.3. The van der Waals surface area contributed by atoms with Crippen LogP contribution >= 0.6 is 0 Å². The van der Waals surface area contributed by atoms with Gasteiger partial charge in [-0.15, -0.1) is 0 Å². The van der Waals surface area contributed by atoms with Crippen LogP contribution in [0, 0.1) is 51.8 Å². The number of carboxylic acids is 3. The number of hydrogen-bond donors (Lipinski definition) is 6. The molecule has 12 saturated carbocycles. The first-order valence-corrected chi connectivity index (χ1v) is 48.3. The van der Waals surface area contributed by atoms with Crippen LogP contribution < -0.4 is 44.4 Å². The van der Waals surface area contributed by atoms with Crippen LogP contribution in [0.3, 0.4) is 0 Å². The molecule has 13 aliphatic carbocycles. The minimum Gasteiger partial charge on any atom is -0.496 e. The number of methoxy groups -OCH3 is 3. The van der Waals surface area contributed by atoms with E-state index in [1.54, 1.807) is 21.3 Å². The monoisotopic (exact) mass is 1760 g/mol. The van der Waals surface area contributed by atoms with Crippen molar-refractivity contribution in [1.29, 1.82) is 0 Å². The Balaban J connectivity index is 0.909. The second-order valence-corrected chi connectivity index (χ2v) is 49.4. The number of carboxylic acid groups (broad SMARTS) is 3. The summed E-state index contributed by atoms with van der Waals surface area (Å²) in [4.78, 5) is 84.4. The summed E-state index contributed by atoms with van der Waals surface area (Å²) >= 11 is 0. The summed E-state index contributed by atoms with van der Waals surface area (Å²) in [6.45, 7) is 39.3. The van der Waals surface area contributed by atoms with Gasteiger partial charge in [0.2, 0.25) is 0 Å². The average Bonchev–Trinajstić information content (AvgIpc) is 0.726. The molecule has 129 heavy (non-hydrogen) atoms. The Kier molecular flexibility index (Phi) is 24.3. The molecule has 19 rings (SSSR count). The zero-order valence-corrected chi connectivity index (χ0v) is 81.3. The average molecular weight is 1760 g/mol. The first-order chi connectivity index (χ1) is 60.2. The van der Waals surface area contributed by atoms with Crippen LogP contribution in [-0.2, 0) is 99.8 Å². The summed E-state index contributed by atoms with van der Waals surface area (Å²) in [5.74, 6) is 2.54. The summed E-state index contributed by atoms with van der Waals surface area (Å²) < 4.78 is 43.1. The summed E-state index contributed by atoms with van der Waals surface area (Å²) in [6.07, 6.45) is 17.2. The molecule has 3 amide bonds. The van der Waals surface area contributed by atoms with Crippen LogP contribution in [0.4, 0.5) is 0 Å². The maximum Gasteiger partial charge on any atom is 0.303 e. The maximum atomic E-state index is 15.5. The highest BCUT2D eigenvalue weighted by atomic mass is 16.5. The van der Waals surface area contributed by atoms with Gasteiger partial charge in [-0.1, -0.05) is 197 Å². The first kappa shape index (κ1) is 93.2. The Morgan fingerprint density at radius 1 is 0.279 bits per heavy atom. The molecule has 0 radical (unpaired) electrons. The molecule has 0 aromatic heterocycles. The van der Waals surface area contributed by atoms with Crippen LogP contribution in [0.1, 0.15) is 360 Å². The Morgan fingerprint density at radius 2 is 0.442 bits per heavy atom. The van der Waals surface area contributed by atoms with Gasteiger partial charge in [0.25, 0.3) is 17.7 Å². The van der Waals surface area contributed by atoms with E-state index < -0.39 is 67.0 Å². The third-order valence-corrected chi connectivity index (χ3v) is 31.9. The fourth-order valence-electron chi connectivity index (χ4n) is 28.1. The fraction of sp³-hybridized carbons (Fsp3) is 0.622. The smallest absolute Gasteiger partial charge is 0.303 e. The van der Waals surface area contributed by atoms with E-state index in [0.29, 0.717) is 128 Å². The second kappa shape index (κ2) is 33.6. The molecule has 13 aliphatic rings. The van der Waals surface area contributed by atoms with Crippen molar-refractivity contribution in [3.63, 3.8) is 0 Å². The lowest BCUT2D eigenvalue weighted by atomic mass is 9.46. The lowest BCUT2D eigenvalue weighted by molar-refractivity contribution is -0.151. The molecule has 0 saturated heterocycles. The van der Waals surface area contributed by atoms with Crippen molar-refractivity contribution in [1.82, 2.24) is 16.0 Å². The summed E-state index contributed by atoms with van der Waals surface area (Å²) in [6, 6.07) is 27.2. The number of nitrogens with one attached hydrogen (secondary N) is 3. The number of aliphatic carboxylic acids is 3. The topological polar surface area (TPSA) is 255 Å². The number of rotatable bonds is 21. The lowest BCUT2D eigenvalue weighted by Gasteiger charge is -2.62. The largest absolute Gasteiger partial charge is 0.496 e. The van der Waals surface area contributed by atoms with Gasteiger partial charge >= 0.3 is 17.9 Å². The van der Waals surface area contributed by atoms with Crippen molar-refractivity contribution in [2.45, 2.75) is 347 Å². The fourth-order valence-corrected chi connectivity index (χ4v) is 28.1. The van der Waals surface area contributed by atoms with Crippen molar-refractivity contribution < 1.29 is 72.5 Å². The highest BCUT2D eigenvalue weighted by Crippen LogP contribution is 2.66. The minimum atomic E-state index is -0.794. The van der Waals surface area contributed by atoms with Gasteiger partial charge in [-0.05, 0) is 300 Å². The summed E-state index contributed by atoms with van der Waals surface area (Å²) in [5.41, 5.74) is 11.6. The predicted molar refractivity (Wildman–Crippen MR) is 505 cm³/mol.